The van der Waals surface area contributed by atoms with Crippen LogP contribution in [0.3, 0.4) is 0 Å². The van der Waals surface area contributed by atoms with Gasteiger partial charge in [0.25, 0.3) is 0 Å². The van der Waals surface area contributed by atoms with Crippen molar-refractivity contribution in [3.8, 4) is 0 Å². The molecule has 3 unspecified atom stereocenters. The summed E-state index contributed by atoms with van der Waals surface area (Å²) in [5.41, 5.74) is 0. The van der Waals surface area contributed by atoms with Crippen LogP contribution >= 0.6 is 0 Å². The van der Waals surface area contributed by atoms with Crippen molar-refractivity contribution >= 4 is 0 Å². The Morgan fingerprint density at radius 3 is 2.42 bits per heavy atom. The Morgan fingerprint density at radius 2 is 1.84 bits per heavy atom. The van der Waals surface area contributed by atoms with Crippen LogP contribution in [0.15, 0.2) is 0 Å². The van der Waals surface area contributed by atoms with Gasteiger partial charge in [-0.1, -0.05) is 34.1 Å². The highest BCUT2D eigenvalue weighted by Gasteiger charge is 2.19. The molecule has 0 aromatic carbocycles. The number of rotatable bonds is 8. The van der Waals surface area contributed by atoms with Crippen molar-refractivity contribution < 1.29 is 0 Å². The van der Waals surface area contributed by atoms with Crippen molar-refractivity contribution in [3.05, 3.63) is 5.82 Å². The molecule has 0 fully saturated rings. The molecule has 0 saturated heterocycles. The lowest BCUT2D eigenvalue weighted by Gasteiger charge is -2.20. The van der Waals surface area contributed by atoms with Gasteiger partial charge in [0.1, 0.15) is 0 Å². The molecule has 0 saturated carbocycles. The SMILES string of the molecule is CCC(C)CC(C)n1nnnc1C(C)NCC(C)C. The molecule has 0 aliphatic heterocycles. The molecule has 0 spiro atoms. The molecule has 1 aromatic rings. The molecule has 0 aliphatic carbocycles. The van der Waals surface area contributed by atoms with Crippen LogP contribution in [-0.2, 0) is 0 Å². The smallest absolute Gasteiger partial charge is 0.168 e. The summed E-state index contributed by atoms with van der Waals surface area (Å²) in [5.74, 6) is 2.27. The van der Waals surface area contributed by atoms with Gasteiger partial charge in [-0.15, -0.1) is 5.10 Å². The molecule has 1 aromatic heterocycles. The van der Waals surface area contributed by atoms with Gasteiger partial charge in [-0.3, -0.25) is 0 Å². The van der Waals surface area contributed by atoms with Crippen LogP contribution in [-0.4, -0.2) is 26.8 Å². The molecule has 1 heterocycles. The van der Waals surface area contributed by atoms with Crippen molar-refractivity contribution in [2.75, 3.05) is 6.54 Å². The van der Waals surface area contributed by atoms with Crippen molar-refractivity contribution in [2.45, 2.75) is 66.5 Å². The second kappa shape index (κ2) is 7.58. The highest BCUT2D eigenvalue weighted by atomic mass is 15.6. The van der Waals surface area contributed by atoms with Gasteiger partial charge in [0.15, 0.2) is 5.82 Å². The quantitative estimate of drug-likeness (QED) is 0.786. The first-order valence-corrected chi connectivity index (χ1v) is 7.46. The molecular weight excluding hydrogens is 238 g/mol. The Balaban J connectivity index is 2.68. The Kier molecular flexibility index (Phi) is 6.42. The van der Waals surface area contributed by atoms with Gasteiger partial charge in [0, 0.05) is 0 Å². The summed E-state index contributed by atoms with van der Waals surface area (Å²) in [4.78, 5) is 0. The standard InChI is InChI=1S/C14H29N5/c1-7-11(4)8-12(5)19-14(16-17-18-19)13(6)15-9-10(2)3/h10-13,15H,7-9H2,1-6H3. The van der Waals surface area contributed by atoms with E-state index in [1.807, 2.05) is 4.68 Å². The van der Waals surface area contributed by atoms with Crippen LogP contribution in [0.4, 0.5) is 0 Å². The van der Waals surface area contributed by atoms with Crippen LogP contribution in [0, 0.1) is 11.8 Å². The summed E-state index contributed by atoms with van der Waals surface area (Å²) in [6.07, 6.45) is 2.31. The molecule has 5 nitrogen and oxygen atoms in total. The minimum atomic E-state index is 0.191. The van der Waals surface area contributed by atoms with E-state index in [4.69, 9.17) is 0 Å². The Hall–Kier alpha value is -0.970. The fourth-order valence-corrected chi connectivity index (χ4v) is 2.15. The van der Waals surface area contributed by atoms with E-state index in [0.717, 1.165) is 18.8 Å². The lowest BCUT2D eigenvalue weighted by molar-refractivity contribution is 0.348. The summed E-state index contributed by atoms with van der Waals surface area (Å²) >= 11 is 0. The molecule has 3 atom stereocenters. The fraction of sp³-hybridized carbons (Fsp3) is 0.929. The van der Waals surface area contributed by atoms with E-state index in [1.54, 1.807) is 0 Å². The molecular formula is C14H29N5. The van der Waals surface area contributed by atoms with E-state index in [2.05, 4.69) is 62.4 Å². The van der Waals surface area contributed by atoms with Crippen molar-refractivity contribution in [3.63, 3.8) is 0 Å². The monoisotopic (exact) mass is 267 g/mol. The van der Waals surface area contributed by atoms with Crippen molar-refractivity contribution in [1.29, 1.82) is 0 Å². The van der Waals surface area contributed by atoms with Crippen LogP contribution in [0.25, 0.3) is 0 Å². The normalized spacial score (nSPS) is 16.6. The summed E-state index contributed by atoms with van der Waals surface area (Å²) < 4.78 is 1.98. The average Bonchev–Trinajstić information content (AvgIpc) is 2.84. The molecule has 0 aliphatic rings. The summed E-state index contributed by atoms with van der Waals surface area (Å²) in [5, 5.41) is 15.7. The largest absolute Gasteiger partial charge is 0.307 e. The predicted molar refractivity (Wildman–Crippen MR) is 77.9 cm³/mol. The lowest BCUT2D eigenvalue weighted by atomic mass is 10.0. The zero-order valence-electron chi connectivity index (χ0n) is 13.2. The molecule has 5 heteroatoms. The van der Waals surface area contributed by atoms with Gasteiger partial charge in [-0.05, 0) is 49.1 Å². The molecule has 19 heavy (non-hydrogen) atoms. The first kappa shape index (κ1) is 16.1. The van der Waals surface area contributed by atoms with Crippen LogP contribution in [0.2, 0.25) is 0 Å². The molecule has 0 amide bonds. The first-order chi connectivity index (χ1) is 8.95. The van der Waals surface area contributed by atoms with Gasteiger partial charge in [-0.25, -0.2) is 4.68 Å². The van der Waals surface area contributed by atoms with Crippen molar-refractivity contribution in [2.24, 2.45) is 11.8 Å². The fourth-order valence-electron chi connectivity index (χ4n) is 2.15. The minimum Gasteiger partial charge on any atom is -0.307 e. The third-order valence-electron chi connectivity index (χ3n) is 3.60. The van der Waals surface area contributed by atoms with Gasteiger partial charge in [0.05, 0.1) is 12.1 Å². The van der Waals surface area contributed by atoms with E-state index >= 15 is 0 Å². The van der Waals surface area contributed by atoms with Crippen LogP contribution in [0.5, 0.6) is 0 Å². The van der Waals surface area contributed by atoms with Gasteiger partial charge >= 0.3 is 0 Å². The molecule has 1 N–H and O–H groups in total. The number of nitrogens with one attached hydrogen (secondary N) is 1. The topological polar surface area (TPSA) is 55.6 Å². The summed E-state index contributed by atoms with van der Waals surface area (Å²) in [6, 6.07) is 0.542. The van der Waals surface area contributed by atoms with Crippen LogP contribution in [0.1, 0.15) is 72.3 Å². The van der Waals surface area contributed by atoms with Crippen molar-refractivity contribution in [1.82, 2.24) is 25.5 Å². The predicted octanol–water partition coefficient (Wildman–Crippen LogP) is 2.98. The first-order valence-electron chi connectivity index (χ1n) is 7.46. The van der Waals surface area contributed by atoms with E-state index in [-0.39, 0.29) is 6.04 Å². The van der Waals surface area contributed by atoms with E-state index in [9.17, 15) is 0 Å². The molecule has 110 valence electrons. The zero-order valence-corrected chi connectivity index (χ0v) is 13.2. The Bertz CT molecular complexity index is 360. The lowest BCUT2D eigenvalue weighted by Crippen LogP contribution is -2.27. The van der Waals surface area contributed by atoms with Gasteiger partial charge in [-0.2, -0.15) is 0 Å². The maximum absolute atomic E-state index is 4.19. The van der Waals surface area contributed by atoms with E-state index in [1.165, 1.54) is 6.42 Å². The Morgan fingerprint density at radius 1 is 1.16 bits per heavy atom. The molecule has 1 rings (SSSR count). The summed E-state index contributed by atoms with van der Waals surface area (Å²) in [7, 11) is 0. The highest BCUT2D eigenvalue weighted by Crippen LogP contribution is 2.21. The van der Waals surface area contributed by atoms with E-state index < -0.39 is 0 Å². The maximum Gasteiger partial charge on any atom is 0.168 e. The molecule has 0 bridgehead atoms. The number of aromatic nitrogens is 4. The Labute approximate surface area is 117 Å². The van der Waals surface area contributed by atoms with Gasteiger partial charge in [0.2, 0.25) is 0 Å². The maximum atomic E-state index is 4.19. The third-order valence-corrected chi connectivity index (χ3v) is 3.60. The average molecular weight is 267 g/mol. The number of tetrazole rings is 1. The second-order valence-electron chi connectivity index (χ2n) is 6.10. The van der Waals surface area contributed by atoms with Crippen LogP contribution < -0.4 is 5.32 Å². The number of hydrogen-bond acceptors (Lipinski definition) is 4. The van der Waals surface area contributed by atoms with E-state index in [0.29, 0.717) is 17.9 Å². The number of hydrogen-bond donors (Lipinski definition) is 1. The van der Waals surface area contributed by atoms with Gasteiger partial charge < -0.3 is 5.32 Å². The number of nitrogens with zero attached hydrogens (tertiary/aromatic N) is 4. The zero-order chi connectivity index (χ0) is 14.4. The highest BCUT2D eigenvalue weighted by molar-refractivity contribution is 4.91. The molecule has 0 radical (unpaired) electrons. The third kappa shape index (κ3) is 4.90. The second-order valence-corrected chi connectivity index (χ2v) is 6.10. The summed E-state index contributed by atoms with van der Waals surface area (Å²) in [6.45, 7) is 14.2. The minimum absolute atomic E-state index is 0.191.